The van der Waals surface area contributed by atoms with Crippen LogP contribution in [0.3, 0.4) is 0 Å². The Kier molecular flexibility index (Phi) is 4.93. The zero-order chi connectivity index (χ0) is 12.9. The fourth-order valence-electron chi connectivity index (χ4n) is 2.25. The van der Waals surface area contributed by atoms with Crippen LogP contribution in [0.25, 0.3) is 0 Å². The maximum absolute atomic E-state index is 12.2. The fourth-order valence-corrected chi connectivity index (χ4v) is 2.25. The molecule has 0 bridgehead atoms. The van der Waals surface area contributed by atoms with Crippen LogP contribution in [0.2, 0.25) is 0 Å². The molecular formula is C12H23N3O2. The molecule has 1 heterocycles. The molecule has 0 aromatic heterocycles. The van der Waals surface area contributed by atoms with Gasteiger partial charge in [-0.05, 0) is 18.9 Å². The highest BCUT2D eigenvalue weighted by Gasteiger charge is 2.43. The van der Waals surface area contributed by atoms with Crippen LogP contribution >= 0.6 is 0 Å². The number of carbonyl (C=O) groups is 2. The van der Waals surface area contributed by atoms with Crippen LogP contribution < -0.4 is 16.0 Å². The van der Waals surface area contributed by atoms with Crippen molar-refractivity contribution in [2.75, 3.05) is 26.2 Å². The minimum atomic E-state index is -0.282. The largest absolute Gasteiger partial charge is 0.355 e. The SMILES string of the molecule is CC(=O)NCCNC(=O)C1(C(C)C)CCNC1. The van der Waals surface area contributed by atoms with Gasteiger partial charge in [0.1, 0.15) is 0 Å². The van der Waals surface area contributed by atoms with Gasteiger partial charge < -0.3 is 16.0 Å². The summed E-state index contributed by atoms with van der Waals surface area (Å²) in [6, 6.07) is 0. The minimum Gasteiger partial charge on any atom is -0.355 e. The van der Waals surface area contributed by atoms with Gasteiger partial charge in [-0.1, -0.05) is 13.8 Å². The van der Waals surface area contributed by atoms with Crippen LogP contribution in [0, 0.1) is 11.3 Å². The van der Waals surface area contributed by atoms with E-state index in [1.807, 2.05) is 0 Å². The molecule has 5 heteroatoms. The van der Waals surface area contributed by atoms with Gasteiger partial charge in [-0.15, -0.1) is 0 Å². The predicted molar refractivity (Wildman–Crippen MR) is 66.5 cm³/mol. The third-order valence-electron chi connectivity index (χ3n) is 3.53. The zero-order valence-electron chi connectivity index (χ0n) is 10.9. The predicted octanol–water partition coefficient (Wildman–Crippen LogP) is -0.126. The maximum Gasteiger partial charge on any atom is 0.227 e. The van der Waals surface area contributed by atoms with Crippen molar-refractivity contribution in [2.24, 2.45) is 11.3 Å². The van der Waals surface area contributed by atoms with Crippen LogP contribution in [0.1, 0.15) is 27.2 Å². The Balaban J connectivity index is 2.42. The Morgan fingerprint density at radius 3 is 2.41 bits per heavy atom. The molecule has 1 saturated heterocycles. The molecule has 0 aliphatic carbocycles. The van der Waals surface area contributed by atoms with Gasteiger partial charge in [0.15, 0.2) is 0 Å². The van der Waals surface area contributed by atoms with Crippen molar-refractivity contribution in [3.63, 3.8) is 0 Å². The molecule has 0 radical (unpaired) electrons. The number of carbonyl (C=O) groups excluding carboxylic acids is 2. The summed E-state index contributed by atoms with van der Waals surface area (Å²) in [4.78, 5) is 22.9. The summed E-state index contributed by atoms with van der Waals surface area (Å²) in [5.41, 5.74) is -0.282. The summed E-state index contributed by atoms with van der Waals surface area (Å²) in [5, 5.41) is 8.83. The fraction of sp³-hybridized carbons (Fsp3) is 0.833. The average Bonchev–Trinajstić information content (AvgIpc) is 2.74. The number of rotatable bonds is 5. The molecule has 3 N–H and O–H groups in total. The summed E-state index contributed by atoms with van der Waals surface area (Å²) in [5.74, 6) is 0.349. The third kappa shape index (κ3) is 3.43. The van der Waals surface area contributed by atoms with Gasteiger partial charge in [0, 0.05) is 26.6 Å². The molecule has 0 aromatic carbocycles. The standard InChI is InChI=1S/C12H23N3O2/c1-9(2)12(4-5-13-8-12)11(17)15-7-6-14-10(3)16/h9,13H,4-8H2,1-3H3,(H,14,16)(H,15,17). The molecule has 2 amide bonds. The maximum atomic E-state index is 12.2. The molecule has 1 aliphatic rings. The molecule has 0 spiro atoms. The van der Waals surface area contributed by atoms with E-state index in [2.05, 4.69) is 29.8 Å². The van der Waals surface area contributed by atoms with E-state index in [0.29, 0.717) is 19.0 Å². The Morgan fingerprint density at radius 1 is 1.29 bits per heavy atom. The highest BCUT2D eigenvalue weighted by molar-refractivity contribution is 5.83. The molecule has 0 saturated carbocycles. The lowest BCUT2D eigenvalue weighted by atomic mass is 9.75. The first-order valence-corrected chi connectivity index (χ1v) is 6.22. The molecular weight excluding hydrogens is 218 g/mol. The molecule has 98 valence electrons. The summed E-state index contributed by atoms with van der Waals surface area (Å²) >= 11 is 0. The van der Waals surface area contributed by atoms with Crippen molar-refractivity contribution in [1.29, 1.82) is 0 Å². The lowest BCUT2D eigenvalue weighted by Crippen LogP contribution is -2.47. The van der Waals surface area contributed by atoms with Crippen molar-refractivity contribution in [1.82, 2.24) is 16.0 Å². The van der Waals surface area contributed by atoms with E-state index in [9.17, 15) is 9.59 Å². The number of hydrogen-bond acceptors (Lipinski definition) is 3. The topological polar surface area (TPSA) is 70.2 Å². The van der Waals surface area contributed by atoms with Gasteiger partial charge in [-0.3, -0.25) is 9.59 Å². The van der Waals surface area contributed by atoms with Crippen molar-refractivity contribution in [3.05, 3.63) is 0 Å². The molecule has 17 heavy (non-hydrogen) atoms. The van der Waals surface area contributed by atoms with Crippen molar-refractivity contribution < 1.29 is 9.59 Å². The molecule has 5 nitrogen and oxygen atoms in total. The lowest BCUT2D eigenvalue weighted by molar-refractivity contribution is -0.132. The van der Waals surface area contributed by atoms with Crippen LogP contribution in [0.5, 0.6) is 0 Å². The van der Waals surface area contributed by atoms with E-state index in [1.165, 1.54) is 6.92 Å². The Bertz CT molecular complexity index is 283. The van der Waals surface area contributed by atoms with Crippen LogP contribution in [0.15, 0.2) is 0 Å². The monoisotopic (exact) mass is 241 g/mol. The van der Waals surface area contributed by atoms with Crippen LogP contribution in [0.4, 0.5) is 0 Å². The number of amides is 2. The van der Waals surface area contributed by atoms with Crippen molar-refractivity contribution in [2.45, 2.75) is 27.2 Å². The summed E-state index contributed by atoms with van der Waals surface area (Å²) < 4.78 is 0. The average molecular weight is 241 g/mol. The van der Waals surface area contributed by atoms with Crippen LogP contribution in [-0.4, -0.2) is 38.0 Å². The minimum absolute atomic E-state index is 0.0691. The summed E-state index contributed by atoms with van der Waals surface area (Å²) in [7, 11) is 0. The number of nitrogens with one attached hydrogen (secondary N) is 3. The molecule has 1 aliphatic heterocycles. The van der Waals surface area contributed by atoms with E-state index in [-0.39, 0.29) is 17.2 Å². The van der Waals surface area contributed by atoms with Gasteiger partial charge in [-0.2, -0.15) is 0 Å². The first-order chi connectivity index (χ1) is 7.99. The smallest absolute Gasteiger partial charge is 0.227 e. The first-order valence-electron chi connectivity index (χ1n) is 6.22. The van der Waals surface area contributed by atoms with E-state index in [0.717, 1.165) is 19.5 Å². The first kappa shape index (κ1) is 14.0. The van der Waals surface area contributed by atoms with E-state index in [1.54, 1.807) is 0 Å². The second-order valence-corrected chi connectivity index (χ2v) is 4.98. The third-order valence-corrected chi connectivity index (χ3v) is 3.53. The van der Waals surface area contributed by atoms with Gasteiger partial charge in [0.2, 0.25) is 11.8 Å². The second kappa shape index (κ2) is 6.00. The highest BCUT2D eigenvalue weighted by atomic mass is 16.2. The quantitative estimate of drug-likeness (QED) is 0.587. The van der Waals surface area contributed by atoms with E-state index in [4.69, 9.17) is 0 Å². The Morgan fingerprint density at radius 2 is 1.94 bits per heavy atom. The molecule has 1 rings (SSSR count). The van der Waals surface area contributed by atoms with E-state index < -0.39 is 0 Å². The van der Waals surface area contributed by atoms with Gasteiger partial charge >= 0.3 is 0 Å². The molecule has 1 fully saturated rings. The van der Waals surface area contributed by atoms with Gasteiger partial charge in [-0.25, -0.2) is 0 Å². The van der Waals surface area contributed by atoms with Gasteiger partial charge in [0.25, 0.3) is 0 Å². The molecule has 1 atom stereocenters. The van der Waals surface area contributed by atoms with Crippen molar-refractivity contribution in [3.8, 4) is 0 Å². The second-order valence-electron chi connectivity index (χ2n) is 4.98. The van der Waals surface area contributed by atoms with Crippen molar-refractivity contribution >= 4 is 11.8 Å². The molecule has 1 unspecified atom stereocenters. The van der Waals surface area contributed by atoms with Gasteiger partial charge in [0.05, 0.1) is 5.41 Å². The molecule has 0 aromatic rings. The summed E-state index contributed by atoms with van der Waals surface area (Å²) in [6.07, 6.45) is 0.886. The van der Waals surface area contributed by atoms with E-state index >= 15 is 0 Å². The lowest BCUT2D eigenvalue weighted by Gasteiger charge is -2.31. The Hall–Kier alpha value is -1.10. The normalized spacial score (nSPS) is 23.8. The highest BCUT2D eigenvalue weighted by Crippen LogP contribution is 2.34. The Labute approximate surface area is 103 Å². The number of hydrogen-bond donors (Lipinski definition) is 3. The summed E-state index contributed by atoms with van der Waals surface area (Å²) in [6.45, 7) is 8.27. The zero-order valence-corrected chi connectivity index (χ0v) is 10.9. The van der Waals surface area contributed by atoms with Crippen LogP contribution in [-0.2, 0) is 9.59 Å².